The summed E-state index contributed by atoms with van der Waals surface area (Å²) in [6.07, 6.45) is 0.139. The van der Waals surface area contributed by atoms with Gasteiger partial charge in [-0.3, -0.25) is 0 Å². The molecule has 134 valence electrons. The number of phenols is 1. The van der Waals surface area contributed by atoms with E-state index in [1.165, 1.54) is 6.07 Å². The molecule has 2 aromatic rings. The lowest BCUT2D eigenvalue weighted by Gasteiger charge is -2.34. The molecule has 6 nitrogen and oxygen atoms in total. The van der Waals surface area contributed by atoms with Crippen LogP contribution in [0.3, 0.4) is 0 Å². The van der Waals surface area contributed by atoms with Gasteiger partial charge >= 0.3 is 0 Å². The maximum Gasteiger partial charge on any atom is 0.151 e. The number of aromatic hydroxyl groups is 1. The number of hydrogen-bond donors (Lipinski definition) is 1. The third-order valence-corrected chi connectivity index (χ3v) is 4.49. The lowest BCUT2D eigenvalue weighted by molar-refractivity contribution is 0.0245. The first-order chi connectivity index (χ1) is 11.9. The second kappa shape index (κ2) is 7.74. The van der Waals surface area contributed by atoms with E-state index in [1.807, 2.05) is 20.2 Å². The minimum Gasteiger partial charge on any atom is -0.507 e. The average molecular weight is 383 g/mol. The summed E-state index contributed by atoms with van der Waals surface area (Å²) < 4.78 is 5.78. The molecule has 0 bridgehead atoms. The molecule has 1 aromatic carbocycles. The Balaban J connectivity index is 1.79. The molecule has 25 heavy (non-hydrogen) atoms. The van der Waals surface area contributed by atoms with Crippen molar-refractivity contribution in [3.63, 3.8) is 0 Å². The number of hydrogen-bond acceptors (Lipinski definition) is 6. The number of benzene rings is 1. The number of halogens is 2. The van der Waals surface area contributed by atoms with Crippen LogP contribution in [0, 0.1) is 0 Å². The highest BCUT2D eigenvalue weighted by molar-refractivity contribution is 6.36. The zero-order chi connectivity index (χ0) is 18.0. The number of ether oxygens (including phenoxy) is 1. The predicted molar refractivity (Wildman–Crippen MR) is 99.7 cm³/mol. The van der Waals surface area contributed by atoms with Gasteiger partial charge in [0, 0.05) is 24.7 Å². The van der Waals surface area contributed by atoms with Crippen LogP contribution in [0.2, 0.25) is 10.0 Å². The van der Waals surface area contributed by atoms with Crippen LogP contribution in [0.5, 0.6) is 5.75 Å². The molecular formula is C17H20Cl2N4O2. The van der Waals surface area contributed by atoms with E-state index in [-0.39, 0.29) is 11.9 Å². The standard InChI is InChI=1S/C17H20Cl2N4O2/c1-22(2)9-12-10-23(5-6-25-12)16-4-3-14(20-21-16)17-13(19)7-11(18)8-15(17)24/h3-4,7-8,12,24H,5-6,9-10H2,1-2H3/t12-/m0/s1. The Bertz CT molecular complexity index is 717. The van der Waals surface area contributed by atoms with Gasteiger partial charge in [0.2, 0.25) is 0 Å². The van der Waals surface area contributed by atoms with Crippen molar-refractivity contribution in [2.75, 3.05) is 45.2 Å². The molecule has 0 spiro atoms. The number of aromatic nitrogens is 2. The molecule has 1 N–H and O–H groups in total. The molecule has 0 amide bonds. The monoisotopic (exact) mass is 382 g/mol. The third kappa shape index (κ3) is 4.33. The van der Waals surface area contributed by atoms with Gasteiger partial charge in [-0.1, -0.05) is 23.2 Å². The first-order valence-electron chi connectivity index (χ1n) is 7.97. The van der Waals surface area contributed by atoms with Crippen LogP contribution in [0.25, 0.3) is 11.3 Å². The lowest BCUT2D eigenvalue weighted by atomic mass is 10.1. The normalized spacial score (nSPS) is 18.0. The number of nitrogens with zero attached hydrogens (tertiary/aromatic N) is 4. The minimum atomic E-state index is -0.0167. The fraction of sp³-hybridized carbons (Fsp3) is 0.412. The summed E-state index contributed by atoms with van der Waals surface area (Å²) >= 11 is 12.1. The Morgan fingerprint density at radius 2 is 2.08 bits per heavy atom. The van der Waals surface area contributed by atoms with Crippen molar-refractivity contribution < 1.29 is 9.84 Å². The SMILES string of the molecule is CN(C)C[C@H]1CN(c2ccc(-c3c(O)cc(Cl)cc3Cl)nn2)CCO1. The maximum absolute atomic E-state index is 10.1. The summed E-state index contributed by atoms with van der Waals surface area (Å²) in [4.78, 5) is 4.26. The fourth-order valence-electron chi connectivity index (χ4n) is 2.89. The highest BCUT2D eigenvalue weighted by atomic mass is 35.5. The molecule has 3 rings (SSSR count). The van der Waals surface area contributed by atoms with E-state index >= 15 is 0 Å². The van der Waals surface area contributed by atoms with Crippen LogP contribution in [0.1, 0.15) is 0 Å². The first kappa shape index (κ1) is 18.2. The van der Waals surface area contributed by atoms with Gasteiger partial charge in [0.1, 0.15) is 5.75 Å². The average Bonchev–Trinajstić information content (AvgIpc) is 2.54. The molecule has 1 aliphatic rings. The smallest absolute Gasteiger partial charge is 0.151 e. The molecule has 2 heterocycles. The largest absolute Gasteiger partial charge is 0.507 e. The van der Waals surface area contributed by atoms with E-state index in [2.05, 4.69) is 20.0 Å². The van der Waals surface area contributed by atoms with Gasteiger partial charge in [0.15, 0.2) is 5.82 Å². The fourth-order valence-corrected chi connectivity index (χ4v) is 3.47. The minimum absolute atomic E-state index is 0.0167. The van der Waals surface area contributed by atoms with E-state index < -0.39 is 0 Å². The molecule has 0 aliphatic carbocycles. The van der Waals surface area contributed by atoms with Gasteiger partial charge in [-0.05, 0) is 38.4 Å². The number of phenolic OH excluding ortho intramolecular Hbond substituents is 1. The van der Waals surface area contributed by atoms with Crippen LogP contribution in [0.4, 0.5) is 5.82 Å². The van der Waals surface area contributed by atoms with Crippen molar-refractivity contribution in [1.29, 1.82) is 0 Å². The molecule has 1 aromatic heterocycles. The van der Waals surface area contributed by atoms with Gasteiger partial charge in [-0.25, -0.2) is 0 Å². The summed E-state index contributed by atoms with van der Waals surface area (Å²) in [5, 5.41) is 19.3. The first-order valence-corrected chi connectivity index (χ1v) is 8.73. The van der Waals surface area contributed by atoms with E-state index in [9.17, 15) is 5.11 Å². The topological polar surface area (TPSA) is 61.7 Å². The summed E-state index contributed by atoms with van der Waals surface area (Å²) in [6.45, 7) is 3.05. The Kier molecular flexibility index (Phi) is 5.64. The zero-order valence-electron chi connectivity index (χ0n) is 14.1. The molecule has 1 fully saturated rings. The Labute approximate surface area is 156 Å². The molecule has 1 saturated heterocycles. The van der Waals surface area contributed by atoms with Crippen molar-refractivity contribution in [3.05, 3.63) is 34.3 Å². The predicted octanol–water partition coefficient (Wildman–Crippen LogP) is 2.92. The highest BCUT2D eigenvalue weighted by Crippen LogP contribution is 2.37. The zero-order valence-corrected chi connectivity index (χ0v) is 15.6. The van der Waals surface area contributed by atoms with E-state index in [1.54, 1.807) is 12.1 Å². The molecule has 1 atom stereocenters. The summed E-state index contributed by atoms with van der Waals surface area (Å²) in [7, 11) is 4.05. The van der Waals surface area contributed by atoms with Crippen molar-refractivity contribution in [2.24, 2.45) is 0 Å². The van der Waals surface area contributed by atoms with Crippen LogP contribution in [0.15, 0.2) is 24.3 Å². The molecule has 0 radical (unpaired) electrons. The van der Waals surface area contributed by atoms with Crippen LogP contribution >= 0.6 is 23.2 Å². The molecule has 0 unspecified atom stereocenters. The van der Waals surface area contributed by atoms with Gasteiger partial charge in [0.25, 0.3) is 0 Å². The summed E-state index contributed by atoms with van der Waals surface area (Å²) in [5.41, 5.74) is 0.929. The lowest BCUT2D eigenvalue weighted by Crippen LogP contribution is -2.46. The van der Waals surface area contributed by atoms with Crippen molar-refractivity contribution in [3.8, 4) is 17.0 Å². The molecule has 1 aliphatic heterocycles. The third-order valence-electron chi connectivity index (χ3n) is 3.97. The van der Waals surface area contributed by atoms with Crippen LogP contribution in [-0.4, -0.2) is 66.6 Å². The number of rotatable bonds is 4. The number of morpholine rings is 1. The molecule has 0 saturated carbocycles. The van der Waals surface area contributed by atoms with Gasteiger partial charge in [-0.2, -0.15) is 0 Å². The van der Waals surface area contributed by atoms with Gasteiger partial charge in [0.05, 0.1) is 29.0 Å². The Hall–Kier alpha value is -1.60. The molecular weight excluding hydrogens is 363 g/mol. The summed E-state index contributed by atoms with van der Waals surface area (Å²) in [5.74, 6) is 0.761. The van der Waals surface area contributed by atoms with E-state index in [4.69, 9.17) is 27.9 Å². The number of likely N-dealkylation sites (N-methyl/N-ethyl adjacent to an activating group) is 1. The van der Waals surface area contributed by atoms with Crippen molar-refractivity contribution in [1.82, 2.24) is 15.1 Å². The Morgan fingerprint density at radius 3 is 2.72 bits per heavy atom. The van der Waals surface area contributed by atoms with Crippen molar-refractivity contribution in [2.45, 2.75) is 6.10 Å². The van der Waals surface area contributed by atoms with Gasteiger partial charge in [-0.15, -0.1) is 10.2 Å². The maximum atomic E-state index is 10.1. The van der Waals surface area contributed by atoms with Crippen LogP contribution in [-0.2, 0) is 4.74 Å². The molecule has 8 heteroatoms. The summed E-state index contributed by atoms with van der Waals surface area (Å²) in [6, 6.07) is 6.69. The highest BCUT2D eigenvalue weighted by Gasteiger charge is 2.22. The quantitative estimate of drug-likeness (QED) is 0.876. The van der Waals surface area contributed by atoms with Crippen molar-refractivity contribution >= 4 is 29.0 Å². The van der Waals surface area contributed by atoms with Gasteiger partial charge < -0.3 is 19.6 Å². The van der Waals surface area contributed by atoms with Crippen LogP contribution < -0.4 is 4.90 Å². The second-order valence-corrected chi connectivity index (χ2v) is 7.10. The number of anilines is 1. The van der Waals surface area contributed by atoms with E-state index in [0.29, 0.717) is 27.9 Å². The Morgan fingerprint density at radius 1 is 1.28 bits per heavy atom. The second-order valence-electron chi connectivity index (χ2n) is 6.26. The van der Waals surface area contributed by atoms with E-state index in [0.717, 1.165) is 25.5 Å².